The number of rotatable bonds is 11. The molecular weight excluding hydrogens is 465 g/mol. The second-order valence-corrected chi connectivity index (χ2v) is 8.34. The van der Waals surface area contributed by atoms with Gasteiger partial charge in [0.25, 0.3) is 0 Å². The Hall–Kier alpha value is -0.870. The van der Waals surface area contributed by atoms with Crippen molar-refractivity contribution in [1.29, 1.82) is 0 Å². The Morgan fingerprint density at radius 3 is 2.31 bits per heavy atom. The van der Waals surface area contributed by atoms with Gasteiger partial charge in [0.2, 0.25) is 0 Å². The fourth-order valence-electron chi connectivity index (χ4n) is 2.14. The van der Waals surface area contributed by atoms with E-state index in [9.17, 15) is 8.42 Å². The molecule has 0 radical (unpaired) electrons. The summed E-state index contributed by atoms with van der Waals surface area (Å²) in [6.07, 6.45) is 1.42. The molecule has 0 spiro atoms. The fourth-order valence-corrected chi connectivity index (χ4v) is 3.47. The molecule has 0 aliphatic rings. The Bertz CT molecular complexity index is 607. The van der Waals surface area contributed by atoms with E-state index < -0.39 is 9.84 Å². The largest absolute Gasteiger partial charge is 0.381 e. The van der Waals surface area contributed by atoms with Crippen LogP contribution in [0.25, 0.3) is 0 Å². The van der Waals surface area contributed by atoms with Crippen LogP contribution in [0.15, 0.2) is 40.2 Å². The first-order chi connectivity index (χ1) is 12.0. The maximum atomic E-state index is 12.2. The molecule has 8 heteroatoms. The van der Waals surface area contributed by atoms with E-state index in [-0.39, 0.29) is 29.7 Å². The summed E-state index contributed by atoms with van der Waals surface area (Å²) < 4.78 is 29.9. The molecule has 0 fully saturated rings. The van der Waals surface area contributed by atoms with E-state index in [0.717, 1.165) is 26.2 Å². The maximum absolute atomic E-state index is 12.2. The van der Waals surface area contributed by atoms with Gasteiger partial charge < -0.3 is 15.4 Å². The van der Waals surface area contributed by atoms with Crippen molar-refractivity contribution < 1.29 is 13.2 Å². The van der Waals surface area contributed by atoms with Gasteiger partial charge in [0.05, 0.1) is 10.6 Å². The highest BCUT2D eigenvalue weighted by Gasteiger charge is 2.13. The van der Waals surface area contributed by atoms with Crippen molar-refractivity contribution in [2.75, 3.05) is 39.1 Å². The number of sulfone groups is 1. The van der Waals surface area contributed by atoms with E-state index in [1.54, 1.807) is 31.3 Å². The topological polar surface area (TPSA) is 79.8 Å². The van der Waals surface area contributed by atoms with Crippen molar-refractivity contribution in [1.82, 2.24) is 10.6 Å². The number of nitrogens with zero attached hydrogens (tertiary/aromatic N) is 1. The van der Waals surface area contributed by atoms with Crippen LogP contribution in [-0.4, -0.2) is 53.5 Å². The molecule has 150 valence electrons. The predicted octanol–water partition coefficient (Wildman–Crippen LogP) is 2.70. The summed E-state index contributed by atoms with van der Waals surface area (Å²) >= 11 is 0. The Morgan fingerprint density at radius 1 is 1.12 bits per heavy atom. The van der Waals surface area contributed by atoms with Crippen LogP contribution in [0.2, 0.25) is 0 Å². The van der Waals surface area contributed by atoms with E-state index in [4.69, 9.17) is 4.74 Å². The first kappa shape index (κ1) is 25.1. The van der Waals surface area contributed by atoms with Crippen LogP contribution in [0.3, 0.4) is 0 Å². The van der Waals surface area contributed by atoms with E-state index in [1.165, 1.54) is 0 Å². The van der Waals surface area contributed by atoms with Crippen LogP contribution < -0.4 is 10.6 Å². The summed E-state index contributed by atoms with van der Waals surface area (Å²) in [7, 11) is -1.52. The smallest absolute Gasteiger partial charge is 0.190 e. The maximum Gasteiger partial charge on any atom is 0.190 e. The third kappa shape index (κ3) is 11.0. The summed E-state index contributed by atoms with van der Waals surface area (Å²) in [5, 5.41) is 6.33. The van der Waals surface area contributed by atoms with Crippen molar-refractivity contribution in [3.63, 3.8) is 0 Å². The summed E-state index contributed by atoms with van der Waals surface area (Å²) in [6.45, 7) is 7.07. The normalized spacial score (nSPS) is 11.9. The predicted molar refractivity (Wildman–Crippen MR) is 118 cm³/mol. The van der Waals surface area contributed by atoms with Crippen LogP contribution >= 0.6 is 24.0 Å². The number of halogens is 1. The van der Waals surface area contributed by atoms with Gasteiger partial charge in [0, 0.05) is 33.4 Å². The zero-order valence-corrected chi connectivity index (χ0v) is 19.0. The molecule has 1 aromatic carbocycles. The van der Waals surface area contributed by atoms with Gasteiger partial charge >= 0.3 is 0 Å². The summed E-state index contributed by atoms with van der Waals surface area (Å²) in [5.41, 5.74) is 0. The number of hydrogen-bond donors (Lipinski definition) is 2. The summed E-state index contributed by atoms with van der Waals surface area (Å²) in [5.74, 6) is 1.35. The highest BCUT2D eigenvalue weighted by Crippen LogP contribution is 2.10. The van der Waals surface area contributed by atoms with Gasteiger partial charge in [-0.05, 0) is 30.9 Å². The molecule has 0 atom stereocenters. The SMILES string of the molecule is CN=C(NCCCOCC(C)C)NCCCS(=O)(=O)c1ccccc1.I. The molecule has 0 aliphatic heterocycles. The molecule has 0 aromatic heterocycles. The minimum atomic E-state index is -3.22. The molecule has 0 aliphatic carbocycles. The van der Waals surface area contributed by atoms with Crippen molar-refractivity contribution >= 4 is 39.8 Å². The quantitative estimate of drug-likeness (QED) is 0.213. The van der Waals surface area contributed by atoms with Gasteiger partial charge in [-0.1, -0.05) is 32.0 Å². The molecule has 0 heterocycles. The highest BCUT2D eigenvalue weighted by atomic mass is 127. The van der Waals surface area contributed by atoms with Crippen LogP contribution in [0, 0.1) is 5.92 Å². The first-order valence-electron chi connectivity index (χ1n) is 8.76. The fraction of sp³-hybridized carbons (Fsp3) is 0.611. The molecule has 26 heavy (non-hydrogen) atoms. The third-order valence-electron chi connectivity index (χ3n) is 3.42. The average molecular weight is 497 g/mol. The van der Waals surface area contributed by atoms with E-state index in [1.807, 2.05) is 6.07 Å². The van der Waals surface area contributed by atoms with E-state index in [2.05, 4.69) is 29.5 Å². The zero-order chi connectivity index (χ0) is 18.5. The van der Waals surface area contributed by atoms with Crippen LogP contribution in [-0.2, 0) is 14.6 Å². The minimum Gasteiger partial charge on any atom is -0.381 e. The zero-order valence-electron chi connectivity index (χ0n) is 15.9. The lowest BCUT2D eigenvalue weighted by Gasteiger charge is -2.12. The molecule has 0 bridgehead atoms. The Balaban J connectivity index is 0.00000625. The van der Waals surface area contributed by atoms with Gasteiger partial charge in [0.1, 0.15) is 0 Å². The molecule has 2 N–H and O–H groups in total. The molecule has 1 aromatic rings. The lowest BCUT2D eigenvalue weighted by Crippen LogP contribution is -2.38. The van der Waals surface area contributed by atoms with Crippen molar-refractivity contribution in [2.45, 2.75) is 31.6 Å². The Morgan fingerprint density at radius 2 is 1.73 bits per heavy atom. The van der Waals surface area contributed by atoms with Gasteiger partial charge in [-0.3, -0.25) is 4.99 Å². The summed E-state index contributed by atoms with van der Waals surface area (Å²) in [4.78, 5) is 4.50. The average Bonchev–Trinajstić information content (AvgIpc) is 2.60. The number of benzene rings is 1. The molecule has 0 amide bonds. The molecule has 1 rings (SSSR count). The lowest BCUT2D eigenvalue weighted by atomic mass is 10.2. The van der Waals surface area contributed by atoms with E-state index in [0.29, 0.717) is 29.7 Å². The molecule has 0 unspecified atom stereocenters. The van der Waals surface area contributed by atoms with E-state index >= 15 is 0 Å². The second kappa shape index (κ2) is 14.2. The highest BCUT2D eigenvalue weighted by molar-refractivity contribution is 14.0. The standard InChI is InChI=1S/C18H31N3O3S.HI/c1-16(2)15-24-13-7-11-20-18(19-3)21-12-8-14-25(22,23)17-9-5-4-6-10-17;/h4-6,9-10,16H,7-8,11-15H2,1-3H3,(H2,19,20,21);1H. The Labute approximate surface area is 175 Å². The van der Waals surface area contributed by atoms with Crippen LogP contribution in [0.1, 0.15) is 26.7 Å². The summed E-state index contributed by atoms with van der Waals surface area (Å²) in [6, 6.07) is 8.54. The minimum absolute atomic E-state index is 0. The molecule has 0 saturated carbocycles. The van der Waals surface area contributed by atoms with Crippen LogP contribution in [0.4, 0.5) is 0 Å². The molecular formula is C18H32IN3O3S. The molecule has 6 nitrogen and oxygen atoms in total. The monoisotopic (exact) mass is 497 g/mol. The number of hydrogen-bond acceptors (Lipinski definition) is 4. The number of ether oxygens (including phenoxy) is 1. The van der Waals surface area contributed by atoms with Crippen molar-refractivity contribution in [2.24, 2.45) is 10.9 Å². The third-order valence-corrected chi connectivity index (χ3v) is 5.23. The Kier molecular flexibility index (Phi) is 13.7. The lowest BCUT2D eigenvalue weighted by molar-refractivity contribution is 0.108. The van der Waals surface area contributed by atoms with Gasteiger partial charge in [-0.2, -0.15) is 0 Å². The van der Waals surface area contributed by atoms with Crippen molar-refractivity contribution in [3.05, 3.63) is 30.3 Å². The second-order valence-electron chi connectivity index (χ2n) is 6.23. The van der Waals surface area contributed by atoms with Crippen LogP contribution in [0.5, 0.6) is 0 Å². The number of nitrogens with one attached hydrogen (secondary N) is 2. The number of aliphatic imine (C=N–C) groups is 1. The van der Waals surface area contributed by atoms with Gasteiger partial charge in [0.15, 0.2) is 15.8 Å². The van der Waals surface area contributed by atoms with Crippen molar-refractivity contribution in [3.8, 4) is 0 Å². The number of guanidine groups is 1. The van der Waals surface area contributed by atoms with Gasteiger partial charge in [-0.25, -0.2) is 8.42 Å². The van der Waals surface area contributed by atoms with Gasteiger partial charge in [-0.15, -0.1) is 24.0 Å². The molecule has 0 saturated heterocycles. The first-order valence-corrected chi connectivity index (χ1v) is 10.4.